The van der Waals surface area contributed by atoms with Crippen LogP contribution in [0.1, 0.15) is 38.8 Å². The van der Waals surface area contributed by atoms with Crippen LogP contribution in [0.25, 0.3) is 16.5 Å². The van der Waals surface area contributed by atoms with Gasteiger partial charge >= 0.3 is 11.4 Å². The van der Waals surface area contributed by atoms with Crippen LogP contribution >= 0.6 is 0 Å². The maximum atomic E-state index is 14.1. The Labute approximate surface area is 241 Å². The standard InChI is InChI=1S/C32H28FN7O2/c1-5-22-14-27(20(4)12-28(22)36-19(2)3)37-30-38-31(41)40(29-17-35-16-23-8-6-7-9-25(23)29)32(42)39(30)18-21-10-11-26(33)24(13-21)15-34/h5-14,16-17,19H,18H2,1-4H3,(H,37,38,41)/b22-5-,36-28?. The van der Waals surface area contributed by atoms with Gasteiger partial charge in [-0.15, -0.1) is 0 Å². The van der Waals surface area contributed by atoms with E-state index in [-0.39, 0.29) is 29.8 Å². The lowest BCUT2D eigenvalue weighted by Gasteiger charge is -2.21. The van der Waals surface area contributed by atoms with E-state index >= 15 is 0 Å². The number of hydrogen-bond acceptors (Lipinski definition) is 7. The zero-order valence-corrected chi connectivity index (χ0v) is 23.6. The average molecular weight is 562 g/mol. The van der Waals surface area contributed by atoms with Gasteiger partial charge in [-0.25, -0.2) is 18.5 Å². The number of rotatable bonds is 6. The maximum Gasteiger partial charge on any atom is 0.359 e. The number of hydrogen-bond donors (Lipinski definition) is 1. The van der Waals surface area contributed by atoms with Gasteiger partial charge in [0.25, 0.3) is 0 Å². The van der Waals surface area contributed by atoms with Crippen LogP contribution in [-0.2, 0) is 6.54 Å². The van der Waals surface area contributed by atoms with Crippen molar-refractivity contribution >= 4 is 22.4 Å². The van der Waals surface area contributed by atoms with Crippen molar-refractivity contribution in [3.05, 3.63) is 128 Å². The van der Waals surface area contributed by atoms with Crippen molar-refractivity contribution in [2.75, 3.05) is 5.32 Å². The van der Waals surface area contributed by atoms with Gasteiger partial charge in [-0.3, -0.25) is 14.5 Å². The number of fused-ring (bicyclic) bond motifs is 1. The summed E-state index contributed by atoms with van der Waals surface area (Å²) in [5, 5.41) is 13.9. The normalized spacial score (nSPS) is 15.2. The van der Waals surface area contributed by atoms with E-state index in [2.05, 4.69) is 20.3 Å². The summed E-state index contributed by atoms with van der Waals surface area (Å²) >= 11 is 0. The third-order valence-electron chi connectivity index (χ3n) is 6.78. The fraction of sp³-hybridized carbons (Fsp3) is 0.188. The zero-order valence-electron chi connectivity index (χ0n) is 23.6. The summed E-state index contributed by atoms with van der Waals surface area (Å²) in [4.78, 5) is 40.8. The number of nitrogens with zero attached hydrogens (tertiary/aromatic N) is 6. The number of anilines is 1. The number of halogens is 1. The smallest absolute Gasteiger partial charge is 0.325 e. The number of pyridine rings is 1. The third kappa shape index (κ3) is 5.45. The molecule has 42 heavy (non-hydrogen) atoms. The van der Waals surface area contributed by atoms with Gasteiger partial charge in [0.2, 0.25) is 5.95 Å². The molecular formula is C32H28FN7O2. The quantitative estimate of drug-likeness (QED) is 0.352. The molecule has 4 aromatic rings. The number of benzene rings is 2. The van der Waals surface area contributed by atoms with E-state index in [1.807, 2.05) is 64.1 Å². The SMILES string of the molecule is C/C=C1/C=C(Nc2nc(=O)n(-c3cncc4ccccc34)c(=O)n2Cc2ccc(F)c(C#N)c2)C(C)=CC1=NC(C)C. The van der Waals surface area contributed by atoms with Gasteiger partial charge in [-0.1, -0.05) is 36.4 Å². The number of nitrogens with one attached hydrogen (secondary N) is 1. The molecule has 2 aromatic heterocycles. The molecule has 1 aliphatic carbocycles. The number of allylic oxidation sites excluding steroid dienone is 5. The van der Waals surface area contributed by atoms with E-state index in [4.69, 9.17) is 0 Å². The minimum atomic E-state index is -0.792. The first-order valence-electron chi connectivity index (χ1n) is 13.4. The summed E-state index contributed by atoms with van der Waals surface area (Å²) in [6, 6.07) is 13.2. The van der Waals surface area contributed by atoms with Crippen molar-refractivity contribution in [1.82, 2.24) is 19.1 Å². The van der Waals surface area contributed by atoms with Gasteiger partial charge in [0.1, 0.15) is 11.9 Å². The Morgan fingerprint density at radius 1 is 1.14 bits per heavy atom. The van der Waals surface area contributed by atoms with Crippen LogP contribution < -0.4 is 16.7 Å². The molecule has 5 rings (SSSR count). The lowest BCUT2D eigenvalue weighted by atomic mass is 9.97. The van der Waals surface area contributed by atoms with Crippen LogP contribution in [-0.4, -0.2) is 30.9 Å². The average Bonchev–Trinajstić information content (AvgIpc) is 2.97. The molecule has 0 saturated carbocycles. The van der Waals surface area contributed by atoms with Crippen molar-refractivity contribution in [2.24, 2.45) is 4.99 Å². The Kier molecular flexibility index (Phi) is 7.76. The Morgan fingerprint density at radius 2 is 1.93 bits per heavy atom. The van der Waals surface area contributed by atoms with Crippen LogP contribution in [0, 0.1) is 17.1 Å². The van der Waals surface area contributed by atoms with E-state index in [1.165, 1.54) is 29.0 Å². The predicted molar refractivity (Wildman–Crippen MR) is 161 cm³/mol. The highest BCUT2D eigenvalue weighted by atomic mass is 19.1. The van der Waals surface area contributed by atoms with Gasteiger partial charge < -0.3 is 5.32 Å². The van der Waals surface area contributed by atoms with E-state index in [0.717, 1.165) is 26.8 Å². The Hall–Kier alpha value is -5.43. The molecule has 0 atom stereocenters. The molecule has 0 unspecified atom stereocenters. The van der Waals surface area contributed by atoms with Gasteiger partial charge in [0, 0.05) is 28.7 Å². The molecular weight excluding hydrogens is 533 g/mol. The maximum absolute atomic E-state index is 14.1. The molecule has 0 radical (unpaired) electrons. The molecule has 210 valence electrons. The molecule has 0 amide bonds. The van der Waals surface area contributed by atoms with Crippen molar-refractivity contribution in [3.8, 4) is 11.8 Å². The fourth-order valence-corrected chi connectivity index (χ4v) is 4.74. The first-order chi connectivity index (χ1) is 20.2. The lowest BCUT2D eigenvalue weighted by Crippen LogP contribution is -2.42. The summed E-state index contributed by atoms with van der Waals surface area (Å²) in [5.41, 5.74) is 2.30. The molecule has 10 heteroatoms. The predicted octanol–water partition coefficient (Wildman–Crippen LogP) is 5.05. The molecule has 0 bridgehead atoms. The number of nitriles is 1. The first kappa shape index (κ1) is 28.1. The second-order valence-corrected chi connectivity index (χ2v) is 10.1. The molecule has 2 aromatic carbocycles. The monoisotopic (exact) mass is 561 g/mol. The zero-order chi connectivity index (χ0) is 30.0. The minimum absolute atomic E-state index is 0.00372. The second-order valence-electron chi connectivity index (χ2n) is 10.1. The largest absolute Gasteiger partial charge is 0.359 e. The Morgan fingerprint density at radius 3 is 2.67 bits per heavy atom. The van der Waals surface area contributed by atoms with Crippen molar-refractivity contribution in [3.63, 3.8) is 0 Å². The fourth-order valence-electron chi connectivity index (χ4n) is 4.74. The molecule has 1 N–H and O–H groups in total. The van der Waals surface area contributed by atoms with Crippen molar-refractivity contribution in [2.45, 2.75) is 40.3 Å². The Bertz CT molecular complexity index is 2000. The van der Waals surface area contributed by atoms with Crippen molar-refractivity contribution < 1.29 is 4.39 Å². The molecule has 2 heterocycles. The number of aromatic nitrogens is 4. The summed E-state index contributed by atoms with van der Waals surface area (Å²) in [7, 11) is 0. The van der Waals surface area contributed by atoms with E-state index < -0.39 is 17.2 Å². The highest BCUT2D eigenvalue weighted by molar-refractivity contribution is 6.12. The lowest BCUT2D eigenvalue weighted by molar-refractivity contribution is 0.620. The van der Waals surface area contributed by atoms with Gasteiger partial charge in [0.15, 0.2) is 0 Å². The van der Waals surface area contributed by atoms with Crippen LogP contribution in [0.4, 0.5) is 10.3 Å². The molecule has 0 aliphatic heterocycles. The summed E-state index contributed by atoms with van der Waals surface area (Å²) in [6.45, 7) is 7.71. The Balaban J connectivity index is 1.69. The molecule has 1 aliphatic rings. The van der Waals surface area contributed by atoms with E-state index in [1.54, 1.807) is 18.3 Å². The highest BCUT2D eigenvalue weighted by Gasteiger charge is 2.20. The third-order valence-corrected chi connectivity index (χ3v) is 6.78. The molecule has 9 nitrogen and oxygen atoms in total. The molecule has 0 saturated heterocycles. The van der Waals surface area contributed by atoms with Crippen LogP contribution in [0.15, 0.2) is 105 Å². The summed E-state index contributed by atoms with van der Waals surface area (Å²) in [5.74, 6) is -0.668. The van der Waals surface area contributed by atoms with Gasteiger partial charge in [-0.05, 0) is 68.7 Å². The van der Waals surface area contributed by atoms with Crippen LogP contribution in [0.2, 0.25) is 0 Å². The molecule has 0 spiro atoms. The first-order valence-corrected chi connectivity index (χ1v) is 13.4. The number of aliphatic imine (C=N–C) groups is 1. The van der Waals surface area contributed by atoms with Gasteiger partial charge in [-0.2, -0.15) is 10.2 Å². The minimum Gasteiger partial charge on any atom is -0.325 e. The van der Waals surface area contributed by atoms with Crippen molar-refractivity contribution in [1.29, 1.82) is 5.26 Å². The molecule has 0 fully saturated rings. The topological polar surface area (TPSA) is 118 Å². The highest BCUT2D eigenvalue weighted by Crippen LogP contribution is 2.24. The van der Waals surface area contributed by atoms with E-state index in [0.29, 0.717) is 16.6 Å². The summed E-state index contributed by atoms with van der Waals surface area (Å²) in [6.07, 6.45) is 8.84. The van der Waals surface area contributed by atoms with E-state index in [9.17, 15) is 19.2 Å². The van der Waals surface area contributed by atoms with Gasteiger partial charge in [0.05, 0.1) is 29.7 Å². The second kappa shape index (κ2) is 11.6. The van der Waals surface area contributed by atoms with Crippen LogP contribution in [0.5, 0.6) is 0 Å². The van der Waals surface area contributed by atoms with Crippen LogP contribution in [0.3, 0.4) is 0 Å². The summed E-state index contributed by atoms with van der Waals surface area (Å²) < 4.78 is 16.4.